The summed E-state index contributed by atoms with van der Waals surface area (Å²) in [6.07, 6.45) is -0.432. The normalized spacial score (nSPS) is 11.8. The van der Waals surface area contributed by atoms with E-state index in [1.54, 1.807) is 17.7 Å². The van der Waals surface area contributed by atoms with Crippen LogP contribution in [0.15, 0.2) is 41.6 Å². The number of nitrogens with zero attached hydrogens (tertiary/aromatic N) is 4. The molecule has 0 aliphatic heterocycles. The van der Waals surface area contributed by atoms with Gasteiger partial charge in [0.2, 0.25) is 5.91 Å². The summed E-state index contributed by atoms with van der Waals surface area (Å²) in [6, 6.07) is 9.33. The predicted molar refractivity (Wildman–Crippen MR) is 124 cm³/mol. The van der Waals surface area contributed by atoms with Crippen molar-refractivity contribution in [3.63, 3.8) is 0 Å². The molecule has 1 N–H and O–H groups in total. The summed E-state index contributed by atoms with van der Waals surface area (Å²) >= 11 is 13.4. The van der Waals surface area contributed by atoms with E-state index in [1.165, 1.54) is 18.2 Å². The number of halogens is 2. The number of amides is 1. The second-order valence-electron chi connectivity index (χ2n) is 6.85. The Balaban J connectivity index is 1.63. The molecule has 3 rings (SSSR count). The highest BCUT2D eigenvalue weighted by atomic mass is 35.5. The lowest BCUT2D eigenvalue weighted by molar-refractivity contribution is -0.384. The second kappa shape index (κ2) is 10.2. The number of nitro benzene ring substituents is 1. The zero-order valence-corrected chi connectivity index (χ0v) is 19.7. The largest absolute Gasteiger partial charge is 0.481 e. The van der Waals surface area contributed by atoms with E-state index in [1.807, 2.05) is 26.0 Å². The van der Waals surface area contributed by atoms with E-state index in [-0.39, 0.29) is 22.2 Å². The first-order chi connectivity index (χ1) is 15.2. The van der Waals surface area contributed by atoms with Gasteiger partial charge in [-0.1, -0.05) is 41.0 Å². The number of non-ortho nitro benzene ring substituents is 1. The molecule has 9 nitrogen and oxygen atoms in total. The van der Waals surface area contributed by atoms with Gasteiger partial charge in [-0.15, -0.1) is 10.2 Å². The van der Waals surface area contributed by atoms with Crippen molar-refractivity contribution in [2.75, 3.05) is 11.1 Å². The standard InChI is InChI=1S/C20H19Cl2N5O4S/c1-11-4-6-15(22)17(8-11)31-12(2)19-24-25-20(26(19)3)32-10-18(28)23-16-9-13(27(29)30)5-7-14(16)21/h4-9,12H,10H2,1-3H3,(H,23,28). The van der Waals surface area contributed by atoms with Gasteiger partial charge < -0.3 is 14.6 Å². The fourth-order valence-electron chi connectivity index (χ4n) is 2.79. The molecule has 0 bridgehead atoms. The average molecular weight is 496 g/mol. The van der Waals surface area contributed by atoms with Crippen LogP contribution >= 0.6 is 35.0 Å². The Bertz CT molecular complexity index is 1170. The van der Waals surface area contributed by atoms with Crippen molar-refractivity contribution in [3.8, 4) is 5.75 Å². The third-order valence-electron chi connectivity index (χ3n) is 4.39. The molecule has 12 heteroatoms. The Kier molecular flexibility index (Phi) is 7.60. The second-order valence-corrected chi connectivity index (χ2v) is 8.61. The molecule has 1 amide bonds. The number of carbonyl (C=O) groups excluding carboxylic acids is 1. The molecule has 0 fully saturated rings. The number of hydrogen-bond donors (Lipinski definition) is 1. The minimum atomic E-state index is -0.561. The lowest BCUT2D eigenvalue weighted by atomic mass is 10.2. The Morgan fingerprint density at radius 3 is 2.69 bits per heavy atom. The van der Waals surface area contributed by atoms with E-state index in [4.69, 9.17) is 27.9 Å². The molecular formula is C20H19Cl2N5O4S. The van der Waals surface area contributed by atoms with Gasteiger partial charge in [-0.3, -0.25) is 14.9 Å². The molecule has 0 spiro atoms. The quantitative estimate of drug-likeness (QED) is 0.259. The van der Waals surface area contributed by atoms with Crippen molar-refractivity contribution in [2.24, 2.45) is 7.05 Å². The zero-order chi connectivity index (χ0) is 23.4. The van der Waals surface area contributed by atoms with E-state index in [2.05, 4.69) is 15.5 Å². The topological polar surface area (TPSA) is 112 Å². The van der Waals surface area contributed by atoms with Crippen LogP contribution in [0.25, 0.3) is 0 Å². The molecule has 32 heavy (non-hydrogen) atoms. The maximum absolute atomic E-state index is 12.3. The molecule has 0 saturated carbocycles. The monoisotopic (exact) mass is 495 g/mol. The highest BCUT2D eigenvalue weighted by Gasteiger charge is 2.19. The van der Waals surface area contributed by atoms with E-state index < -0.39 is 16.9 Å². The first-order valence-corrected chi connectivity index (χ1v) is 11.1. The van der Waals surface area contributed by atoms with Crippen LogP contribution in [0.4, 0.5) is 11.4 Å². The SMILES string of the molecule is Cc1ccc(Cl)c(OC(C)c2nnc(SCC(=O)Nc3cc([N+](=O)[O-])ccc3Cl)n2C)c1. The van der Waals surface area contributed by atoms with Crippen molar-refractivity contribution in [1.82, 2.24) is 14.8 Å². The van der Waals surface area contributed by atoms with Crippen LogP contribution in [0, 0.1) is 17.0 Å². The number of aryl methyl sites for hydroxylation is 1. The zero-order valence-electron chi connectivity index (χ0n) is 17.3. The third-order valence-corrected chi connectivity index (χ3v) is 6.05. The Morgan fingerprint density at radius 1 is 1.25 bits per heavy atom. The predicted octanol–water partition coefficient (Wildman–Crippen LogP) is 5.21. The summed E-state index contributed by atoms with van der Waals surface area (Å²) in [5.41, 5.74) is 1.01. The molecule has 1 aromatic heterocycles. The van der Waals surface area contributed by atoms with E-state index >= 15 is 0 Å². The number of nitro groups is 1. The molecule has 1 heterocycles. The molecule has 2 aromatic carbocycles. The first kappa shape index (κ1) is 23.8. The molecule has 3 aromatic rings. The van der Waals surface area contributed by atoms with Crippen molar-refractivity contribution in [2.45, 2.75) is 25.1 Å². The Morgan fingerprint density at radius 2 is 1.97 bits per heavy atom. The van der Waals surface area contributed by atoms with Crippen molar-refractivity contribution >= 4 is 52.2 Å². The summed E-state index contributed by atoms with van der Waals surface area (Å²) in [6.45, 7) is 3.77. The van der Waals surface area contributed by atoms with E-state index in [9.17, 15) is 14.9 Å². The number of anilines is 1. The molecule has 0 radical (unpaired) electrons. The van der Waals surface area contributed by atoms with Crippen LogP contribution in [-0.2, 0) is 11.8 Å². The number of benzene rings is 2. The minimum Gasteiger partial charge on any atom is -0.481 e. The van der Waals surface area contributed by atoms with Crippen LogP contribution in [0.2, 0.25) is 10.0 Å². The summed E-state index contributed by atoms with van der Waals surface area (Å²) < 4.78 is 7.67. The number of rotatable bonds is 8. The van der Waals surface area contributed by atoms with Crippen molar-refractivity contribution in [3.05, 3.63) is 67.9 Å². The van der Waals surface area contributed by atoms with E-state index in [0.29, 0.717) is 21.8 Å². The molecule has 0 aliphatic rings. The highest BCUT2D eigenvalue weighted by molar-refractivity contribution is 7.99. The van der Waals surface area contributed by atoms with Gasteiger partial charge in [0.1, 0.15) is 5.75 Å². The smallest absolute Gasteiger partial charge is 0.271 e. The van der Waals surface area contributed by atoms with Gasteiger partial charge in [0, 0.05) is 19.2 Å². The van der Waals surface area contributed by atoms with Crippen LogP contribution in [-0.4, -0.2) is 31.3 Å². The van der Waals surface area contributed by atoms with Crippen molar-refractivity contribution < 1.29 is 14.5 Å². The first-order valence-electron chi connectivity index (χ1n) is 9.34. The number of nitrogens with one attached hydrogen (secondary N) is 1. The van der Waals surface area contributed by atoms with Gasteiger partial charge in [0.25, 0.3) is 5.69 Å². The maximum Gasteiger partial charge on any atom is 0.271 e. The van der Waals surface area contributed by atoms with Gasteiger partial charge >= 0.3 is 0 Å². The number of ether oxygens (including phenoxy) is 1. The van der Waals surface area contributed by atoms with Crippen LogP contribution in [0.5, 0.6) is 5.75 Å². The number of hydrogen-bond acceptors (Lipinski definition) is 7. The molecule has 168 valence electrons. The molecule has 1 unspecified atom stereocenters. The minimum absolute atomic E-state index is 0.00391. The van der Waals surface area contributed by atoms with Gasteiger partial charge in [-0.05, 0) is 37.6 Å². The number of carbonyl (C=O) groups is 1. The lowest BCUT2D eigenvalue weighted by Crippen LogP contribution is -2.15. The average Bonchev–Trinajstić information content (AvgIpc) is 3.11. The van der Waals surface area contributed by atoms with Gasteiger partial charge in [0.05, 0.1) is 26.4 Å². The fraction of sp³-hybridized carbons (Fsp3) is 0.250. The van der Waals surface area contributed by atoms with Gasteiger partial charge in [-0.2, -0.15) is 0 Å². The molecule has 0 saturated heterocycles. The summed E-state index contributed by atoms with van der Waals surface area (Å²) in [5.74, 6) is 0.721. The summed E-state index contributed by atoms with van der Waals surface area (Å²) in [5, 5.41) is 23.0. The van der Waals surface area contributed by atoms with Gasteiger partial charge in [0.15, 0.2) is 17.1 Å². The summed E-state index contributed by atoms with van der Waals surface area (Å²) in [4.78, 5) is 22.7. The van der Waals surface area contributed by atoms with Crippen LogP contribution in [0.3, 0.4) is 0 Å². The Hall–Kier alpha value is -2.82. The number of aromatic nitrogens is 3. The van der Waals surface area contributed by atoms with Crippen LogP contribution < -0.4 is 10.1 Å². The maximum atomic E-state index is 12.3. The van der Waals surface area contributed by atoms with E-state index in [0.717, 1.165) is 17.3 Å². The third kappa shape index (κ3) is 5.70. The Labute approximate surface area is 198 Å². The summed E-state index contributed by atoms with van der Waals surface area (Å²) in [7, 11) is 1.77. The number of thioether (sulfide) groups is 1. The lowest BCUT2D eigenvalue weighted by Gasteiger charge is -2.15. The molecule has 1 atom stereocenters. The highest BCUT2D eigenvalue weighted by Crippen LogP contribution is 2.30. The van der Waals surface area contributed by atoms with Crippen molar-refractivity contribution in [1.29, 1.82) is 0 Å². The fourth-order valence-corrected chi connectivity index (χ4v) is 3.83. The van der Waals surface area contributed by atoms with Gasteiger partial charge in [-0.25, -0.2) is 0 Å². The molecule has 0 aliphatic carbocycles. The van der Waals surface area contributed by atoms with Crippen LogP contribution in [0.1, 0.15) is 24.4 Å². The molecular weight excluding hydrogens is 477 g/mol.